The summed E-state index contributed by atoms with van der Waals surface area (Å²) < 4.78 is 36.6. The van der Waals surface area contributed by atoms with Crippen LogP contribution in [0.3, 0.4) is 0 Å². The van der Waals surface area contributed by atoms with Crippen LogP contribution in [-0.2, 0) is 19.6 Å². The summed E-state index contributed by atoms with van der Waals surface area (Å²) in [5.41, 5.74) is 6.50. The summed E-state index contributed by atoms with van der Waals surface area (Å²) in [5, 5.41) is 8.68. The van der Waals surface area contributed by atoms with Gasteiger partial charge in [0.25, 0.3) is 10.1 Å². The van der Waals surface area contributed by atoms with E-state index in [0.29, 0.717) is 17.7 Å². The van der Waals surface area contributed by atoms with Crippen LogP contribution in [0.25, 0.3) is 0 Å². The molecule has 4 N–H and O–H groups in total. The van der Waals surface area contributed by atoms with Crippen molar-refractivity contribution < 1.29 is 27.6 Å². The first-order chi connectivity index (χ1) is 8.79. The average Bonchev–Trinajstić information content (AvgIpc) is 3.09. The van der Waals surface area contributed by atoms with Gasteiger partial charge in [0.05, 0.1) is 17.9 Å². The van der Waals surface area contributed by atoms with Crippen LogP contribution in [0.5, 0.6) is 0 Å². The van der Waals surface area contributed by atoms with Crippen LogP contribution in [0.15, 0.2) is 23.1 Å². The monoisotopic (exact) mass is 287 g/mol. The second kappa shape index (κ2) is 4.89. The van der Waals surface area contributed by atoms with Crippen molar-refractivity contribution in [2.24, 2.45) is 5.73 Å². The molecule has 2 unspecified atom stereocenters. The van der Waals surface area contributed by atoms with Crippen molar-refractivity contribution in [3.8, 4) is 0 Å². The number of benzene rings is 1. The Labute approximate surface area is 109 Å². The van der Waals surface area contributed by atoms with E-state index in [1.54, 1.807) is 0 Å². The van der Waals surface area contributed by atoms with Crippen LogP contribution in [0.2, 0.25) is 0 Å². The van der Waals surface area contributed by atoms with Crippen LogP contribution in [-0.4, -0.2) is 30.7 Å². The number of nitrogens with two attached hydrogens (primary N) is 1. The van der Waals surface area contributed by atoms with Gasteiger partial charge in [-0.05, 0) is 11.6 Å². The third-order valence-electron chi connectivity index (χ3n) is 2.81. The van der Waals surface area contributed by atoms with E-state index in [-0.39, 0.29) is 11.3 Å². The van der Waals surface area contributed by atoms with Gasteiger partial charge in [-0.25, -0.2) is 0 Å². The second-order valence-corrected chi connectivity index (χ2v) is 5.69. The van der Waals surface area contributed by atoms with Crippen molar-refractivity contribution in [1.82, 2.24) is 0 Å². The molecule has 0 spiro atoms. The highest BCUT2D eigenvalue weighted by atomic mass is 32.2. The Balaban J connectivity index is 2.39. The number of hydrogen-bond donors (Lipinski definition) is 3. The number of epoxide rings is 1. The van der Waals surface area contributed by atoms with E-state index in [0.717, 1.165) is 0 Å². The molecule has 1 aromatic rings. The van der Waals surface area contributed by atoms with Crippen molar-refractivity contribution in [2.75, 3.05) is 6.61 Å². The molecular formula is C11H13NO6S. The maximum atomic E-state index is 11.2. The molecule has 104 valence electrons. The molecule has 0 aromatic heterocycles. The Hall–Kier alpha value is -1.48. The van der Waals surface area contributed by atoms with Crippen LogP contribution in [0, 0.1) is 0 Å². The predicted octanol–water partition coefficient (Wildman–Crippen LogP) is 0.479. The van der Waals surface area contributed by atoms with Gasteiger partial charge in [0.1, 0.15) is 6.10 Å². The molecule has 0 saturated carbocycles. The third-order valence-corrected chi connectivity index (χ3v) is 3.74. The minimum Gasteiger partial charge on any atom is -0.481 e. The first kappa shape index (κ1) is 13.9. The molecule has 1 aliphatic rings. The Morgan fingerprint density at radius 3 is 2.63 bits per heavy atom. The molecule has 0 radical (unpaired) electrons. The average molecular weight is 287 g/mol. The predicted molar refractivity (Wildman–Crippen MR) is 64.1 cm³/mol. The summed E-state index contributed by atoms with van der Waals surface area (Å²) in [4.78, 5) is 10.4. The fourth-order valence-corrected chi connectivity index (χ4v) is 2.55. The summed E-state index contributed by atoms with van der Waals surface area (Å²) in [7, 11) is -4.34. The van der Waals surface area contributed by atoms with E-state index in [9.17, 15) is 13.2 Å². The van der Waals surface area contributed by atoms with Gasteiger partial charge < -0.3 is 15.6 Å². The summed E-state index contributed by atoms with van der Waals surface area (Å²) in [6.45, 7) is 0.361. The van der Waals surface area contributed by atoms with Crippen molar-refractivity contribution in [2.45, 2.75) is 23.5 Å². The molecule has 2 rings (SSSR count). The zero-order valence-corrected chi connectivity index (χ0v) is 10.6. The fourth-order valence-electron chi connectivity index (χ4n) is 1.82. The van der Waals surface area contributed by atoms with Gasteiger partial charge in [-0.3, -0.25) is 9.35 Å². The first-order valence-electron chi connectivity index (χ1n) is 5.49. The number of ether oxygens (including phenoxy) is 1. The maximum Gasteiger partial charge on any atom is 0.305 e. The maximum absolute atomic E-state index is 11.2. The van der Waals surface area contributed by atoms with Crippen LogP contribution in [0.1, 0.15) is 29.7 Å². The zero-order valence-electron chi connectivity index (χ0n) is 9.81. The summed E-state index contributed by atoms with van der Waals surface area (Å²) in [6.07, 6.45) is -0.662. The lowest BCUT2D eigenvalue weighted by molar-refractivity contribution is -0.137. The molecule has 1 saturated heterocycles. The fraction of sp³-hybridized carbons (Fsp3) is 0.364. The van der Waals surface area contributed by atoms with Gasteiger partial charge in [-0.15, -0.1) is 0 Å². The Morgan fingerprint density at radius 1 is 1.53 bits per heavy atom. The normalized spacial score (nSPS) is 20.0. The number of carboxylic acids is 1. The lowest BCUT2D eigenvalue weighted by atomic mass is 10.0. The molecule has 0 aliphatic carbocycles. The molecule has 0 amide bonds. The molecular weight excluding hydrogens is 274 g/mol. The first-order valence-corrected chi connectivity index (χ1v) is 6.93. The smallest absolute Gasteiger partial charge is 0.305 e. The minimum absolute atomic E-state index is 0.235. The zero-order chi connectivity index (χ0) is 14.2. The summed E-state index contributed by atoms with van der Waals surface area (Å²) in [5.74, 6) is -1.05. The van der Waals surface area contributed by atoms with Gasteiger partial charge in [-0.1, -0.05) is 12.1 Å². The van der Waals surface area contributed by atoms with Gasteiger partial charge in [0.15, 0.2) is 0 Å². The topological polar surface area (TPSA) is 130 Å². The number of carboxylic acid groups (broad SMARTS) is 1. The highest BCUT2D eigenvalue weighted by molar-refractivity contribution is 7.85. The molecule has 7 nitrogen and oxygen atoms in total. The molecule has 1 aliphatic heterocycles. The van der Waals surface area contributed by atoms with Gasteiger partial charge in [0.2, 0.25) is 0 Å². The van der Waals surface area contributed by atoms with Gasteiger partial charge >= 0.3 is 5.97 Å². The number of rotatable bonds is 5. The van der Waals surface area contributed by atoms with E-state index in [4.69, 9.17) is 20.1 Å². The van der Waals surface area contributed by atoms with E-state index in [1.807, 2.05) is 0 Å². The lowest BCUT2D eigenvalue weighted by Crippen LogP contribution is -2.16. The SMILES string of the molecule is NC(CC(=O)O)c1ccc(S(=O)(=O)O)c(C2CO2)c1. The van der Waals surface area contributed by atoms with Crippen molar-refractivity contribution in [3.63, 3.8) is 0 Å². The highest BCUT2D eigenvalue weighted by Crippen LogP contribution is 2.35. The largest absolute Gasteiger partial charge is 0.481 e. The number of aliphatic carboxylic acids is 1. The van der Waals surface area contributed by atoms with Gasteiger partial charge in [-0.2, -0.15) is 8.42 Å². The highest BCUT2D eigenvalue weighted by Gasteiger charge is 2.31. The Kier molecular flexibility index (Phi) is 3.59. The molecule has 1 fully saturated rings. The Morgan fingerprint density at radius 2 is 2.16 bits per heavy atom. The number of hydrogen-bond acceptors (Lipinski definition) is 5. The summed E-state index contributed by atoms with van der Waals surface area (Å²) >= 11 is 0. The molecule has 8 heteroatoms. The number of carbonyl (C=O) groups is 1. The van der Waals surface area contributed by atoms with Crippen LogP contribution >= 0.6 is 0 Å². The second-order valence-electron chi connectivity index (χ2n) is 4.30. The van der Waals surface area contributed by atoms with E-state index >= 15 is 0 Å². The quantitative estimate of drug-likeness (QED) is 0.530. The molecule has 19 heavy (non-hydrogen) atoms. The molecule has 1 aromatic carbocycles. The minimum atomic E-state index is -4.34. The molecule has 2 atom stereocenters. The van der Waals surface area contributed by atoms with Crippen LogP contribution < -0.4 is 5.73 Å². The molecule has 0 bridgehead atoms. The van der Waals surface area contributed by atoms with E-state index < -0.39 is 28.2 Å². The van der Waals surface area contributed by atoms with Crippen molar-refractivity contribution in [1.29, 1.82) is 0 Å². The standard InChI is InChI=1S/C11H13NO6S/c12-8(4-11(13)14)6-1-2-10(19(15,16)17)7(3-6)9-5-18-9/h1-3,8-9H,4-5,12H2,(H,13,14)(H,15,16,17). The van der Waals surface area contributed by atoms with Crippen molar-refractivity contribution in [3.05, 3.63) is 29.3 Å². The van der Waals surface area contributed by atoms with E-state index in [2.05, 4.69) is 0 Å². The lowest BCUT2D eigenvalue weighted by Gasteiger charge is -2.12. The van der Waals surface area contributed by atoms with E-state index in [1.165, 1.54) is 18.2 Å². The summed E-state index contributed by atoms with van der Waals surface area (Å²) in [6, 6.07) is 3.32. The molecule has 1 heterocycles. The van der Waals surface area contributed by atoms with Crippen molar-refractivity contribution >= 4 is 16.1 Å². The van der Waals surface area contributed by atoms with Crippen LogP contribution in [0.4, 0.5) is 0 Å². The third kappa shape index (κ3) is 3.29. The van der Waals surface area contributed by atoms with Gasteiger partial charge in [0, 0.05) is 11.6 Å². The Bertz CT molecular complexity index is 608.